The molecule has 0 unspecified atom stereocenters. The number of benzene rings is 1. The molecule has 0 bridgehead atoms. The first kappa shape index (κ1) is 14.9. The SMILES string of the molecule is CCN1C(=O)COc2ccc(-c3csc4nc(C)c(C=O)n34)cc21. The van der Waals surface area contributed by atoms with E-state index in [0.29, 0.717) is 23.7 Å². The molecule has 0 fully saturated rings. The Labute approximate surface area is 142 Å². The van der Waals surface area contributed by atoms with Crippen molar-refractivity contribution in [3.8, 4) is 17.0 Å². The number of anilines is 1. The van der Waals surface area contributed by atoms with Crippen molar-refractivity contribution >= 4 is 34.2 Å². The Bertz CT molecular complexity index is 973. The molecule has 1 aliphatic heterocycles. The second kappa shape index (κ2) is 5.45. The number of aromatic nitrogens is 2. The number of hydrogen-bond acceptors (Lipinski definition) is 5. The molecule has 0 saturated heterocycles. The van der Waals surface area contributed by atoms with Crippen LogP contribution in [0, 0.1) is 6.92 Å². The summed E-state index contributed by atoms with van der Waals surface area (Å²) in [4.78, 5) is 30.4. The Balaban J connectivity index is 1.91. The monoisotopic (exact) mass is 341 g/mol. The van der Waals surface area contributed by atoms with E-state index in [1.807, 2.05) is 41.8 Å². The fourth-order valence-electron chi connectivity index (χ4n) is 3.03. The molecule has 0 radical (unpaired) electrons. The lowest BCUT2D eigenvalue weighted by atomic mass is 10.1. The number of ether oxygens (including phenoxy) is 1. The minimum absolute atomic E-state index is 0.0512. The Hall–Kier alpha value is -2.67. The van der Waals surface area contributed by atoms with Crippen LogP contribution in [-0.4, -0.2) is 34.7 Å². The van der Waals surface area contributed by atoms with Crippen LogP contribution >= 0.6 is 11.3 Å². The van der Waals surface area contributed by atoms with E-state index in [0.717, 1.165) is 28.2 Å². The van der Waals surface area contributed by atoms with Gasteiger partial charge in [-0.2, -0.15) is 0 Å². The van der Waals surface area contributed by atoms with Gasteiger partial charge < -0.3 is 9.64 Å². The van der Waals surface area contributed by atoms with Crippen LogP contribution in [0.2, 0.25) is 0 Å². The number of imidazole rings is 1. The number of nitrogens with zero attached hydrogens (tertiary/aromatic N) is 3. The summed E-state index contributed by atoms with van der Waals surface area (Å²) in [5, 5.41) is 1.97. The molecule has 0 N–H and O–H groups in total. The molecule has 3 aromatic rings. The maximum atomic E-state index is 12.0. The van der Waals surface area contributed by atoms with Crippen LogP contribution < -0.4 is 9.64 Å². The Morgan fingerprint density at radius 1 is 1.42 bits per heavy atom. The Morgan fingerprint density at radius 2 is 2.25 bits per heavy atom. The van der Waals surface area contributed by atoms with E-state index in [-0.39, 0.29) is 12.5 Å². The van der Waals surface area contributed by atoms with Crippen molar-refractivity contribution in [2.45, 2.75) is 13.8 Å². The van der Waals surface area contributed by atoms with E-state index < -0.39 is 0 Å². The van der Waals surface area contributed by atoms with Gasteiger partial charge in [-0.25, -0.2) is 4.98 Å². The summed E-state index contributed by atoms with van der Waals surface area (Å²) in [5.74, 6) is 0.647. The summed E-state index contributed by atoms with van der Waals surface area (Å²) in [6.45, 7) is 4.41. The minimum atomic E-state index is -0.0512. The largest absolute Gasteiger partial charge is 0.482 e. The third kappa shape index (κ3) is 2.05. The molecule has 0 atom stereocenters. The maximum Gasteiger partial charge on any atom is 0.265 e. The molecule has 0 saturated carbocycles. The van der Waals surface area contributed by atoms with Gasteiger partial charge >= 0.3 is 0 Å². The van der Waals surface area contributed by atoms with Crippen molar-refractivity contribution in [3.05, 3.63) is 35.0 Å². The second-order valence-corrected chi connectivity index (χ2v) is 6.38. The van der Waals surface area contributed by atoms with Crippen LogP contribution in [0.1, 0.15) is 23.1 Å². The lowest BCUT2D eigenvalue weighted by Crippen LogP contribution is -2.38. The third-order valence-electron chi connectivity index (χ3n) is 4.21. The van der Waals surface area contributed by atoms with Gasteiger partial charge in [-0.3, -0.25) is 14.0 Å². The zero-order valence-electron chi connectivity index (χ0n) is 13.3. The fourth-order valence-corrected chi connectivity index (χ4v) is 3.98. The van der Waals surface area contributed by atoms with E-state index >= 15 is 0 Å². The van der Waals surface area contributed by atoms with E-state index in [1.165, 1.54) is 11.3 Å². The van der Waals surface area contributed by atoms with Gasteiger partial charge in [0.15, 0.2) is 17.9 Å². The fraction of sp³-hybridized carbons (Fsp3) is 0.235. The number of likely N-dealkylation sites (N-methyl/N-ethyl adjacent to an activating group) is 1. The number of carbonyl (C=O) groups is 2. The average Bonchev–Trinajstić information content (AvgIpc) is 3.12. The van der Waals surface area contributed by atoms with Gasteiger partial charge in [0.25, 0.3) is 5.91 Å². The number of fused-ring (bicyclic) bond motifs is 2. The summed E-state index contributed by atoms with van der Waals surface area (Å²) in [7, 11) is 0. The number of carbonyl (C=O) groups excluding carboxylic acids is 2. The van der Waals surface area contributed by atoms with E-state index in [4.69, 9.17) is 4.74 Å². The van der Waals surface area contributed by atoms with Crippen LogP contribution in [-0.2, 0) is 4.79 Å². The van der Waals surface area contributed by atoms with E-state index in [9.17, 15) is 9.59 Å². The standard InChI is InChI=1S/C17H15N3O3S/c1-3-19-12-6-11(4-5-15(12)23-8-16(19)22)14-9-24-17-18-10(2)13(7-21)20(14)17/h4-7,9H,3,8H2,1-2H3. The number of aryl methyl sites for hydroxylation is 1. The van der Waals surface area contributed by atoms with Gasteiger partial charge in [0.2, 0.25) is 0 Å². The van der Waals surface area contributed by atoms with Gasteiger partial charge in [-0.15, -0.1) is 11.3 Å². The van der Waals surface area contributed by atoms with Crippen LogP contribution in [0.25, 0.3) is 16.2 Å². The van der Waals surface area contributed by atoms with Gasteiger partial charge in [-0.05, 0) is 32.0 Å². The maximum absolute atomic E-state index is 12.0. The van der Waals surface area contributed by atoms with Crippen LogP contribution in [0.4, 0.5) is 5.69 Å². The molecule has 3 heterocycles. The summed E-state index contributed by atoms with van der Waals surface area (Å²) < 4.78 is 7.37. The Kier molecular flexibility index (Phi) is 3.38. The lowest BCUT2D eigenvalue weighted by Gasteiger charge is -2.28. The molecular formula is C17H15N3O3S. The second-order valence-electron chi connectivity index (χ2n) is 5.55. The van der Waals surface area contributed by atoms with Crippen molar-refractivity contribution in [3.63, 3.8) is 0 Å². The smallest absolute Gasteiger partial charge is 0.265 e. The molecular weight excluding hydrogens is 326 g/mol. The normalized spacial score (nSPS) is 13.9. The predicted molar refractivity (Wildman–Crippen MR) is 92.2 cm³/mol. The quantitative estimate of drug-likeness (QED) is 0.687. The average molecular weight is 341 g/mol. The highest BCUT2D eigenvalue weighted by molar-refractivity contribution is 7.15. The first-order valence-corrected chi connectivity index (χ1v) is 8.51. The molecule has 2 aromatic heterocycles. The molecule has 24 heavy (non-hydrogen) atoms. The van der Waals surface area contributed by atoms with Crippen molar-refractivity contribution < 1.29 is 14.3 Å². The topological polar surface area (TPSA) is 63.9 Å². The van der Waals surface area contributed by atoms with Gasteiger partial charge in [0, 0.05) is 17.5 Å². The molecule has 1 aromatic carbocycles. The molecule has 1 aliphatic rings. The highest BCUT2D eigenvalue weighted by Gasteiger charge is 2.25. The number of rotatable bonds is 3. The highest BCUT2D eigenvalue weighted by atomic mass is 32.1. The van der Waals surface area contributed by atoms with Crippen LogP contribution in [0.5, 0.6) is 5.75 Å². The van der Waals surface area contributed by atoms with Gasteiger partial charge in [0.1, 0.15) is 11.4 Å². The van der Waals surface area contributed by atoms with Crippen molar-refractivity contribution in [1.82, 2.24) is 9.38 Å². The number of hydrogen-bond donors (Lipinski definition) is 0. The predicted octanol–water partition coefficient (Wildman–Crippen LogP) is 2.93. The molecule has 1 amide bonds. The van der Waals surface area contributed by atoms with Crippen molar-refractivity contribution in [1.29, 1.82) is 0 Å². The van der Waals surface area contributed by atoms with Crippen LogP contribution in [0.15, 0.2) is 23.6 Å². The minimum Gasteiger partial charge on any atom is -0.482 e. The lowest BCUT2D eigenvalue weighted by molar-refractivity contribution is -0.121. The number of thiazole rings is 1. The van der Waals surface area contributed by atoms with Gasteiger partial charge in [0.05, 0.1) is 17.1 Å². The number of aldehydes is 1. The Morgan fingerprint density at radius 3 is 3.00 bits per heavy atom. The molecule has 7 heteroatoms. The zero-order valence-corrected chi connectivity index (χ0v) is 14.1. The van der Waals surface area contributed by atoms with Gasteiger partial charge in [-0.1, -0.05) is 0 Å². The summed E-state index contributed by atoms with van der Waals surface area (Å²) >= 11 is 1.48. The van der Waals surface area contributed by atoms with Crippen molar-refractivity contribution in [2.24, 2.45) is 0 Å². The first-order chi connectivity index (χ1) is 11.6. The van der Waals surface area contributed by atoms with Crippen molar-refractivity contribution in [2.75, 3.05) is 18.1 Å². The van der Waals surface area contributed by atoms with E-state index in [1.54, 1.807) is 4.90 Å². The first-order valence-electron chi connectivity index (χ1n) is 7.63. The molecule has 122 valence electrons. The summed E-state index contributed by atoms with van der Waals surface area (Å²) in [6, 6.07) is 5.74. The highest BCUT2D eigenvalue weighted by Crippen LogP contribution is 2.37. The number of amides is 1. The summed E-state index contributed by atoms with van der Waals surface area (Å²) in [6.07, 6.45) is 0.828. The molecule has 6 nitrogen and oxygen atoms in total. The third-order valence-corrected chi connectivity index (χ3v) is 5.03. The summed E-state index contributed by atoms with van der Waals surface area (Å²) in [5.41, 5.74) is 3.82. The van der Waals surface area contributed by atoms with Crippen LogP contribution in [0.3, 0.4) is 0 Å². The zero-order chi connectivity index (χ0) is 16.8. The van der Waals surface area contributed by atoms with E-state index in [2.05, 4.69) is 4.98 Å². The molecule has 0 aliphatic carbocycles. The molecule has 4 rings (SSSR count). The molecule has 0 spiro atoms.